The Morgan fingerprint density at radius 2 is 2.03 bits per heavy atom. The minimum Gasteiger partial charge on any atom is -0.467 e. The molecule has 35 heavy (non-hydrogen) atoms. The number of rotatable bonds is 8. The van der Waals surface area contributed by atoms with Gasteiger partial charge in [-0.15, -0.1) is 0 Å². The van der Waals surface area contributed by atoms with Crippen LogP contribution < -0.4 is 11.1 Å². The van der Waals surface area contributed by atoms with Gasteiger partial charge in [-0.25, -0.2) is 4.79 Å². The second-order valence-corrected chi connectivity index (χ2v) is 8.24. The van der Waals surface area contributed by atoms with Gasteiger partial charge in [-0.1, -0.05) is 11.6 Å². The number of halogens is 1. The summed E-state index contributed by atoms with van der Waals surface area (Å²) < 4.78 is 18.6. The van der Waals surface area contributed by atoms with Gasteiger partial charge in [0.05, 0.1) is 30.3 Å². The molecule has 10 nitrogen and oxygen atoms in total. The molecule has 4 aromatic rings. The molecule has 0 saturated carbocycles. The van der Waals surface area contributed by atoms with Gasteiger partial charge in [-0.2, -0.15) is 5.26 Å². The van der Waals surface area contributed by atoms with Crippen LogP contribution >= 0.6 is 11.6 Å². The number of amides is 1. The zero-order valence-electron chi connectivity index (χ0n) is 19.0. The Labute approximate surface area is 204 Å². The third-order valence-corrected chi connectivity index (χ3v) is 5.86. The van der Waals surface area contributed by atoms with Crippen molar-refractivity contribution in [1.29, 1.82) is 5.26 Å². The molecule has 0 bridgehead atoms. The Morgan fingerprint density at radius 3 is 2.74 bits per heavy atom. The van der Waals surface area contributed by atoms with Gasteiger partial charge >= 0.3 is 11.7 Å². The van der Waals surface area contributed by atoms with Crippen LogP contribution in [0.5, 0.6) is 0 Å². The number of aryl methyl sites for hydroxylation is 1. The third-order valence-electron chi connectivity index (χ3n) is 5.63. The maximum atomic E-state index is 12.5. The van der Waals surface area contributed by atoms with Crippen molar-refractivity contribution in [2.75, 3.05) is 11.9 Å². The van der Waals surface area contributed by atoms with Gasteiger partial charge in [-0.3, -0.25) is 14.2 Å². The van der Waals surface area contributed by atoms with Crippen LogP contribution in [0.4, 0.5) is 5.82 Å². The number of fused-ring (bicyclic) bond motifs is 1. The average molecular weight is 497 g/mol. The zero-order chi connectivity index (χ0) is 25.1. The molecule has 3 heterocycles. The molecule has 11 heteroatoms. The first-order valence-corrected chi connectivity index (χ1v) is 11.0. The summed E-state index contributed by atoms with van der Waals surface area (Å²) in [7, 11) is 0. The van der Waals surface area contributed by atoms with E-state index in [0.717, 1.165) is 11.3 Å². The quantitative estimate of drug-likeness (QED) is 0.367. The van der Waals surface area contributed by atoms with E-state index in [0.29, 0.717) is 39.8 Å². The number of nitrogens with one attached hydrogen (secondary N) is 1. The fraction of sp³-hybridized carbons (Fsp3) is 0.250. The van der Waals surface area contributed by atoms with E-state index >= 15 is 0 Å². The molecule has 1 aromatic carbocycles. The van der Waals surface area contributed by atoms with E-state index in [1.165, 1.54) is 10.6 Å². The highest BCUT2D eigenvalue weighted by atomic mass is 35.5. The first kappa shape index (κ1) is 23.9. The fourth-order valence-electron chi connectivity index (χ4n) is 3.73. The fourth-order valence-corrected chi connectivity index (χ4v) is 3.89. The molecule has 0 radical (unpaired) electrons. The number of furan rings is 1. The molecule has 0 saturated heterocycles. The van der Waals surface area contributed by atoms with E-state index in [-0.39, 0.29) is 13.0 Å². The zero-order valence-corrected chi connectivity index (χ0v) is 19.7. The van der Waals surface area contributed by atoms with Crippen molar-refractivity contribution < 1.29 is 23.2 Å². The molecule has 4 rings (SSSR count). The van der Waals surface area contributed by atoms with Crippen molar-refractivity contribution in [3.05, 3.63) is 74.7 Å². The summed E-state index contributed by atoms with van der Waals surface area (Å²) in [6, 6.07) is 10.4. The molecule has 1 N–H and O–H groups in total. The number of nitriles is 1. The number of anilines is 1. The average Bonchev–Trinajstić information content (AvgIpc) is 3.50. The van der Waals surface area contributed by atoms with Crippen LogP contribution in [0.3, 0.4) is 0 Å². The molecule has 0 aliphatic carbocycles. The minimum atomic E-state index is -0.672. The van der Waals surface area contributed by atoms with Crippen molar-refractivity contribution in [3.63, 3.8) is 0 Å². The number of carbonyl (C=O) groups is 2. The lowest BCUT2D eigenvalue weighted by molar-refractivity contribution is -0.147. The largest absolute Gasteiger partial charge is 0.467 e. The van der Waals surface area contributed by atoms with Crippen LogP contribution in [0.15, 0.2) is 50.2 Å². The Balaban J connectivity index is 1.39. The molecular formula is C24H21ClN4O6. The number of hydrogen-bond donors (Lipinski definition) is 1. The van der Waals surface area contributed by atoms with Crippen LogP contribution in [0.1, 0.15) is 29.0 Å². The topological polar surface area (TPSA) is 132 Å². The molecule has 0 spiro atoms. The number of benzene rings is 1. The van der Waals surface area contributed by atoms with Crippen LogP contribution in [0.25, 0.3) is 11.1 Å². The number of oxazole rings is 1. The minimum absolute atomic E-state index is 0.0108. The Hall–Kier alpha value is -4.23. The maximum absolute atomic E-state index is 12.5. The van der Waals surface area contributed by atoms with Gasteiger partial charge in [0.15, 0.2) is 12.2 Å². The smallest absolute Gasteiger partial charge is 0.419 e. The van der Waals surface area contributed by atoms with Crippen LogP contribution in [0, 0.1) is 25.2 Å². The highest BCUT2D eigenvalue weighted by molar-refractivity contribution is 6.31. The summed E-state index contributed by atoms with van der Waals surface area (Å²) in [5.74, 6) is -0.948. The summed E-state index contributed by atoms with van der Waals surface area (Å²) in [6.07, 6.45) is 1.39. The summed E-state index contributed by atoms with van der Waals surface area (Å²) >= 11 is 5.90. The standard InChI is InChI=1S/C24H21ClN4O6/c1-14-15(2)29(12-17-4-3-9-33-17)23(18(14)11-26)27-21(30)13-34-22(31)7-8-28-19-6-5-16(25)10-20(19)35-24(28)32/h3-6,9-10H,7-8,12-13H2,1-2H3,(H,27,30). The second-order valence-electron chi connectivity index (χ2n) is 7.80. The number of ether oxygens (including phenoxy) is 1. The van der Waals surface area contributed by atoms with E-state index in [4.69, 9.17) is 25.2 Å². The van der Waals surface area contributed by atoms with Crippen LogP contribution in [0.2, 0.25) is 5.02 Å². The number of esters is 1. The lowest BCUT2D eigenvalue weighted by Crippen LogP contribution is -2.24. The molecule has 0 atom stereocenters. The van der Waals surface area contributed by atoms with Gasteiger partial charge in [0.1, 0.15) is 17.6 Å². The van der Waals surface area contributed by atoms with E-state index in [1.54, 1.807) is 42.0 Å². The van der Waals surface area contributed by atoms with E-state index in [1.807, 2.05) is 6.92 Å². The van der Waals surface area contributed by atoms with Crippen LogP contribution in [-0.4, -0.2) is 27.6 Å². The second kappa shape index (κ2) is 9.95. The lowest BCUT2D eigenvalue weighted by atomic mass is 10.2. The summed E-state index contributed by atoms with van der Waals surface area (Å²) in [6.45, 7) is 3.40. The molecular weight excluding hydrogens is 476 g/mol. The number of hydrogen-bond acceptors (Lipinski definition) is 7. The van der Waals surface area contributed by atoms with Gasteiger partial charge in [-0.05, 0) is 43.7 Å². The van der Waals surface area contributed by atoms with Crippen molar-refractivity contribution in [1.82, 2.24) is 9.13 Å². The molecule has 0 fully saturated rings. The Kier molecular flexibility index (Phi) is 6.80. The van der Waals surface area contributed by atoms with Gasteiger partial charge in [0.2, 0.25) is 0 Å². The van der Waals surface area contributed by atoms with E-state index in [9.17, 15) is 19.6 Å². The monoisotopic (exact) mass is 496 g/mol. The van der Waals surface area contributed by atoms with Gasteiger partial charge < -0.3 is 23.5 Å². The number of carbonyl (C=O) groups excluding carboxylic acids is 2. The summed E-state index contributed by atoms with van der Waals surface area (Å²) in [5.41, 5.74) is 2.65. The predicted molar refractivity (Wildman–Crippen MR) is 126 cm³/mol. The molecule has 0 aliphatic rings. The van der Waals surface area contributed by atoms with Crippen molar-refractivity contribution in [3.8, 4) is 6.07 Å². The van der Waals surface area contributed by atoms with Gasteiger partial charge in [0, 0.05) is 23.3 Å². The van der Waals surface area contributed by atoms with Gasteiger partial charge in [0.25, 0.3) is 5.91 Å². The Bertz CT molecular complexity index is 1500. The molecule has 3 aromatic heterocycles. The van der Waals surface area contributed by atoms with Crippen molar-refractivity contribution in [2.24, 2.45) is 0 Å². The summed E-state index contributed by atoms with van der Waals surface area (Å²) in [4.78, 5) is 36.8. The van der Waals surface area contributed by atoms with E-state index in [2.05, 4.69) is 11.4 Å². The van der Waals surface area contributed by atoms with E-state index < -0.39 is 24.2 Å². The highest BCUT2D eigenvalue weighted by Crippen LogP contribution is 2.27. The molecule has 180 valence electrons. The lowest BCUT2D eigenvalue weighted by Gasteiger charge is -2.12. The van der Waals surface area contributed by atoms with Crippen molar-refractivity contribution in [2.45, 2.75) is 33.4 Å². The molecule has 1 amide bonds. The third kappa shape index (κ3) is 5.00. The Morgan fingerprint density at radius 1 is 1.23 bits per heavy atom. The molecule has 0 aliphatic heterocycles. The maximum Gasteiger partial charge on any atom is 0.419 e. The highest BCUT2D eigenvalue weighted by Gasteiger charge is 2.21. The number of nitrogens with zero attached hydrogens (tertiary/aromatic N) is 3. The van der Waals surface area contributed by atoms with Crippen molar-refractivity contribution >= 4 is 40.4 Å². The number of aromatic nitrogens is 2. The molecule has 0 unspecified atom stereocenters. The predicted octanol–water partition coefficient (Wildman–Crippen LogP) is 3.75. The van der Waals surface area contributed by atoms with Crippen LogP contribution in [-0.2, 0) is 27.4 Å². The first-order valence-electron chi connectivity index (χ1n) is 10.6. The summed E-state index contributed by atoms with van der Waals surface area (Å²) in [5, 5.41) is 12.7. The first-order chi connectivity index (χ1) is 16.8. The normalized spacial score (nSPS) is 10.9. The SMILES string of the molecule is Cc1c(C#N)c(NC(=O)COC(=O)CCn2c(=O)oc3cc(Cl)ccc32)n(Cc2ccco2)c1C.